The molecule has 0 bridgehead atoms. The first-order chi connectivity index (χ1) is 16.7. The molecule has 4 aromatic rings. The number of sulfonamides is 1. The number of anilines is 4. The molecule has 35 heavy (non-hydrogen) atoms. The van der Waals surface area contributed by atoms with Gasteiger partial charge in [0, 0.05) is 11.4 Å². The Morgan fingerprint density at radius 3 is 2.23 bits per heavy atom. The second-order valence-electron chi connectivity index (χ2n) is 7.96. The summed E-state index contributed by atoms with van der Waals surface area (Å²) in [5.74, 6) is -0.693. The Bertz CT molecular complexity index is 1490. The number of fused-ring (bicyclic) bond motifs is 1. The van der Waals surface area contributed by atoms with Gasteiger partial charge in [-0.3, -0.25) is 9.52 Å². The van der Waals surface area contributed by atoms with E-state index in [2.05, 4.69) is 25.3 Å². The molecule has 11 heteroatoms. The molecule has 0 fully saturated rings. The van der Waals surface area contributed by atoms with E-state index in [-0.39, 0.29) is 29.0 Å². The van der Waals surface area contributed by atoms with E-state index in [9.17, 15) is 17.6 Å². The first-order valence-electron chi connectivity index (χ1n) is 10.6. The highest BCUT2D eigenvalue weighted by Crippen LogP contribution is 2.28. The fraction of sp³-hybridized carbons (Fsp3) is 0.125. The topological polar surface area (TPSA) is 116 Å². The molecule has 3 aromatic carbocycles. The summed E-state index contributed by atoms with van der Waals surface area (Å²) in [5.41, 5.74) is 1.71. The van der Waals surface area contributed by atoms with Crippen molar-refractivity contribution in [1.82, 2.24) is 14.9 Å². The highest BCUT2D eigenvalue weighted by atomic mass is 32.2. The maximum Gasteiger partial charge on any atom is 0.263 e. The number of aromatic nitrogens is 2. The molecule has 3 N–H and O–H groups in total. The minimum Gasteiger partial charge on any atom is -0.337 e. The summed E-state index contributed by atoms with van der Waals surface area (Å²) in [7, 11) is -0.606. The second kappa shape index (κ2) is 10.0. The van der Waals surface area contributed by atoms with Gasteiger partial charge in [0.05, 0.1) is 22.5 Å². The van der Waals surface area contributed by atoms with E-state index in [1.54, 1.807) is 55.4 Å². The Morgan fingerprint density at radius 2 is 1.54 bits per heavy atom. The van der Waals surface area contributed by atoms with E-state index in [0.717, 1.165) is 0 Å². The van der Waals surface area contributed by atoms with Gasteiger partial charge in [0.2, 0.25) is 5.91 Å². The zero-order valence-corrected chi connectivity index (χ0v) is 19.8. The molecule has 0 saturated carbocycles. The molecule has 9 nitrogen and oxygen atoms in total. The van der Waals surface area contributed by atoms with E-state index in [1.807, 2.05) is 0 Å². The van der Waals surface area contributed by atoms with Crippen LogP contribution in [0.5, 0.6) is 0 Å². The fourth-order valence-corrected chi connectivity index (χ4v) is 4.33. The van der Waals surface area contributed by atoms with E-state index in [4.69, 9.17) is 0 Å². The van der Waals surface area contributed by atoms with Crippen molar-refractivity contribution in [1.29, 1.82) is 0 Å². The lowest BCUT2D eigenvalue weighted by Gasteiger charge is -2.15. The third-order valence-corrected chi connectivity index (χ3v) is 6.11. The molecule has 180 valence electrons. The van der Waals surface area contributed by atoms with Crippen LogP contribution in [0.1, 0.15) is 0 Å². The number of carbonyl (C=O) groups is 1. The number of likely N-dealkylation sites (N-methyl/N-ethyl adjacent to an activating group) is 1. The van der Waals surface area contributed by atoms with Gasteiger partial charge in [-0.15, -0.1) is 0 Å². The molecule has 0 spiro atoms. The Balaban J connectivity index is 1.67. The standard InChI is InChI=1S/C24H23FN6O3S/c1-31(2)15-22(32)26-18-9-6-10-19(14-18)35(33,34)30-24-23(27-17-8-5-7-16(25)13-17)28-20-11-3-4-12-21(20)29-24/h3-14H,15H2,1-2H3,(H,26,32)(H,27,28)(H,29,30). The smallest absolute Gasteiger partial charge is 0.263 e. The number of para-hydroxylation sites is 2. The number of nitrogens with zero attached hydrogens (tertiary/aromatic N) is 3. The largest absolute Gasteiger partial charge is 0.337 e. The molecule has 1 aromatic heterocycles. The molecule has 0 saturated heterocycles. The summed E-state index contributed by atoms with van der Waals surface area (Å²) in [6, 6.07) is 18.5. The third kappa shape index (κ3) is 6.08. The molecule has 1 amide bonds. The van der Waals surface area contributed by atoms with Gasteiger partial charge in [-0.2, -0.15) is 0 Å². The Morgan fingerprint density at radius 1 is 0.886 bits per heavy atom. The van der Waals surface area contributed by atoms with Crippen molar-refractivity contribution in [3.05, 3.63) is 78.6 Å². The summed E-state index contributed by atoms with van der Waals surface area (Å²) in [6.45, 7) is 0.150. The first kappa shape index (κ1) is 24.0. The van der Waals surface area contributed by atoms with Gasteiger partial charge in [0.1, 0.15) is 5.82 Å². The van der Waals surface area contributed by atoms with Crippen molar-refractivity contribution in [3.8, 4) is 0 Å². The summed E-state index contributed by atoms with van der Waals surface area (Å²) >= 11 is 0. The number of hydrogen-bond donors (Lipinski definition) is 3. The van der Waals surface area contributed by atoms with Gasteiger partial charge in [-0.25, -0.2) is 22.8 Å². The number of halogens is 1. The maximum atomic E-state index is 13.7. The molecule has 0 aliphatic heterocycles. The van der Waals surface area contributed by atoms with Crippen LogP contribution < -0.4 is 15.4 Å². The van der Waals surface area contributed by atoms with Crippen molar-refractivity contribution in [2.75, 3.05) is 36.0 Å². The molecule has 0 radical (unpaired) electrons. The predicted molar refractivity (Wildman–Crippen MR) is 134 cm³/mol. The SMILES string of the molecule is CN(C)CC(=O)Nc1cccc(S(=O)(=O)Nc2nc3ccccc3nc2Nc2cccc(F)c2)c1. The minimum absolute atomic E-state index is 0.0602. The van der Waals surface area contributed by atoms with Crippen molar-refractivity contribution >= 4 is 50.0 Å². The van der Waals surface area contributed by atoms with Gasteiger partial charge in [-0.05, 0) is 62.6 Å². The van der Waals surface area contributed by atoms with Crippen molar-refractivity contribution in [2.45, 2.75) is 4.90 Å². The number of nitrogens with one attached hydrogen (secondary N) is 3. The number of hydrogen-bond acceptors (Lipinski definition) is 7. The van der Waals surface area contributed by atoms with Gasteiger partial charge in [0.15, 0.2) is 11.6 Å². The molecular formula is C24H23FN6O3S. The number of rotatable bonds is 8. The fourth-order valence-electron chi connectivity index (χ4n) is 3.28. The number of amides is 1. The van der Waals surface area contributed by atoms with Crippen LogP contribution in [0.4, 0.5) is 27.4 Å². The normalized spacial score (nSPS) is 11.4. The van der Waals surface area contributed by atoms with E-state index in [1.165, 1.54) is 36.4 Å². The highest BCUT2D eigenvalue weighted by Gasteiger charge is 2.20. The summed E-state index contributed by atoms with van der Waals surface area (Å²) in [6.07, 6.45) is 0. The summed E-state index contributed by atoms with van der Waals surface area (Å²) in [4.78, 5) is 22.6. The van der Waals surface area contributed by atoms with Crippen LogP contribution in [-0.2, 0) is 14.8 Å². The van der Waals surface area contributed by atoms with Crippen LogP contribution in [0.15, 0.2) is 77.7 Å². The van der Waals surface area contributed by atoms with E-state index < -0.39 is 15.8 Å². The lowest BCUT2D eigenvalue weighted by atomic mass is 10.3. The van der Waals surface area contributed by atoms with Crippen molar-refractivity contribution in [2.24, 2.45) is 0 Å². The second-order valence-corrected chi connectivity index (χ2v) is 9.65. The average Bonchev–Trinajstić information content (AvgIpc) is 2.79. The highest BCUT2D eigenvalue weighted by molar-refractivity contribution is 7.92. The van der Waals surface area contributed by atoms with Crippen LogP contribution >= 0.6 is 0 Å². The molecule has 0 aliphatic carbocycles. The maximum absolute atomic E-state index is 13.7. The first-order valence-corrected chi connectivity index (χ1v) is 12.0. The van der Waals surface area contributed by atoms with Crippen LogP contribution in [0.3, 0.4) is 0 Å². The number of carbonyl (C=O) groups excluding carboxylic acids is 1. The molecule has 1 heterocycles. The minimum atomic E-state index is -4.11. The van der Waals surface area contributed by atoms with Crippen molar-refractivity contribution in [3.63, 3.8) is 0 Å². The van der Waals surface area contributed by atoms with Crippen molar-refractivity contribution < 1.29 is 17.6 Å². The van der Waals surface area contributed by atoms with E-state index >= 15 is 0 Å². The van der Waals surface area contributed by atoms with E-state index in [0.29, 0.717) is 22.4 Å². The lowest BCUT2D eigenvalue weighted by molar-refractivity contribution is -0.116. The molecular weight excluding hydrogens is 471 g/mol. The summed E-state index contributed by atoms with van der Waals surface area (Å²) in [5, 5.41) is 5.61. The zero-order valence-electron chi connectivity index (χ0n) is 19.0. The molecule has 0 unspecified atom stereocenters. The van der Waals surface area contributed by atoms with Gasteiger partial charge in [0.25, 0.3) is 10.0 Å². The van der Waals surface area contributed by atoms with Gasteiger partial charge < -0.3 is 15.5 Å². The average molecular weight is 495 g/mol. The lowest BCUT2D eigenvalue weighted by Crippen LogP contribution is -2.27. The third-order valence-electron chi connectivity index (χ3n) is 4.78. The Labute approximate surface area is 202 Å². The van der Waals surface area contributed by atoms with Crippen LogP contribution in [0, 0.1) is 5.82 Å². The Kier molecular flexibility index (Phi) is 6.90. The molecule has 0 atom stereocenters. The van der Waals surface area contributed by atoms with Gasteiger partial charge >= 0.3 is 0 Å². The quantitative estimate of drug-likeness (QED) is 0.341. The summed E-state index contributed by atoms with van der Waals surface area (Å²) < 4.78 is 42.6. The van der Waals surface area contributed by atoms with Gasteiger partial charge in [-0.1, -0.05) is 24.3 Å². The van der Waals surface area contributed by atoms with Crippen LogP contribution in [-0.4, -0.2) is 49.8 Å². The molecule has 0 aliphatic rings. The monoisotopic (exact) mass is 494 g/mol. The predicted octanol–water partition coefficient (Wildman–Crippen LogP) is 3.81. The Hall–Kier alpha value is -4.09. The zero-order chi connectivity index (χ0) is 25.0. The molecule has 4 rings (SSSR count). The number of benzene rings is 3. The van der Waals surface area contributed by atoms with Crippen LogP contribution in [0.2, 0.25) is 0 Å². The van der Waals surface area contributed by atoms with Crippen LogP contribution in [0.25, 0.3) is 11.0 Å².